The van der Waals surface area contributed by atoms with Crippen LogP contribution in [-0.2, 0) is 0 Å². The highest BCUT2D eigenvalue weighted by atomic mass is 16.3. The molecule has 0 aliphatic heterocycles. The number of nitrogens with zero attached hydrogens (tertiary/aromatic N) is 2. The van der Waals surface area contributed by atoms with E-state index in [1.54, 1.807) is 18.2 Å². The second-order valence-electron chi connectivity index (χ2n) is 10.4. The monoisotopic (exact) mass is 536 g/mol. The van der Waals surface area contributed by atoms with E-state index in [0.717, 1.165) is 71.7 Å². The predicted molar refractivity (Wildman–Crippen MR) is 167 cm³/mol. The number of hydrogen-bond donors (Lipinski definition) is 0. The second kappa shape index (κ2) is 9.24. The van der Waals surface area contributed by atoms with E-state index in [1.807, 2.05) is 48.5 Å². The van der Waals surface area contributed by atoms with Gasteiger partial charge < -0.3 is 8.83 Å². The summed E-state index contributed by atoms with van der Waals surface area (Å²) in [6.45, 7) is 0. The van der Waals surface area contributed by atoms with E-state index >= 15 is 0 Å². The van der Waals surface area contributed by atoms with Crippen LogP contribution in [-0.4, -0.2) is 0 Å². The molecule has 42 heavy (non-hydrogen) atoms. The van der Waals surface area contributed by atoms with Crippen LogP contribution in [0.2, 0.25) is 0 Å². The van der Waals surface area contributed by atoms with Gasteiger partial charge >= 0.3 is 0 Å². The van der Waals surface area contributed by atoms with Gasteiger partial charge in [0.25, 0.3) is 0 Å². The van der Waals surface area contributed by atoms with E-state index in [4.69, 9.17) is 8.83 Å². The van der Waals surface area contributed by atoms with Crippen LogP contribution in [0.5, 0.6) is 0 Å². The lowest BCUT2D eigenvalue weighted by molar-refractivity contribution is 0.668. The predicted octanol–water partition coefficient (Wildman–Crippen LogP) is 10.2. The molecule has 8 aromatic rings. The molecule has 0 amide bonds. The first kappa shape index (κ1) is 23.8. The van der Waals surface area contributed by atoms with Crippen molar-refractivity contribution in [2.45, 2.75) is 0 Å². The van der Waals surface area contributed by atoms with Crippen molar-refractivity contribution in [3.8, 4) is 45.5 Å². The number of nitriles is 2. The summed E-state index contributed by atoms with van der Waals surface area (Å²) in [4.78, 5) is 0. The van der Waals surface area contributed by atoms with Gasteiger partial charge in [0.05, 0.1) is 23.3 Å². The maximum Gasteiger partial charge on any atom is 0.136 e. The standard InChI is InChI=1S/C38H20N2O2/c39-21-25-6-5-7-26(22-40)38(25)29-17-27(23-12-14-32-30-8-1-3-10-34(30)41-36(32)19-23)16-28(18-29)24-13-15-33-31-9-2-4-11-35(31)42-37(33)20-24/h1-20H. The summed E-state index contributed by atoms with van der Waals surface area (Å²) >= 11 is 0. The molecule has 0 atom stereocenters. The number of furan rings is 2. The van der Waals surface area contributed by atoms with E-state index in [9.17, 15) is 10.5 Å². The van der Waals surface area contributed by atoms with Crippen molar-refractivity contribution >= 4 is 43.9 Å². The zero-order valence-electron chi connectivity index (χ0n) is 22.3. The number of hydrogen-bond acceptors (Lipinski definition) is 4. The third-order valence-electron chi connectivity index (χ3n) is 7.95. The van der Waals surface area contributed by atoms with Gasteiger partial charge in [0.15, 0.2) is 0 Å². The lowest BCUT2D eigenvalue weighted by Gasteiger charge is -2.13. The molecule has 6 aromatic carbocycles. The summed E-state index contributed by atoms with van der Waals surface area (Å²) in [5, 5.41) is 24.2. The number of benzene rings is 6. The van der Waals surface area contributed by atoms with E-state index in [2.05, 4.69) is 66.7 Å². The Morgan fingerprint density at radius 1 is 0.381 bits per heavy atom. The molecule has 0 radical (unpaired) electrons. The van der Waals surface area contributed by atoms with Crippen LogP contribution in [0.4, 0.5) is 0 Å². The van der Waals surface area contributed by atoms with Crippen LogP contribution >= 0.6 is 0 Å². The van der Waals surface area contributed by atoms with Gasteiger partial charge in [-0.15, -0.1) is 0 Å². The molecule has 0 saturated heterocycles. The maximum atomic E-state index is 9.96. The molecule has 0 N–H and O–H groups in total. The van der Waals surface area contributed by atoms with Crippen molar-refractivity contribution in [2.24, 2.45) is 0 Å². The average molecular weight is 537 g/mol. The van der Waals surface area contributed by atoms with Gasteiger partial charge in [-0.2, -0.15) is 10.5 Å². The van der Waals surface area contributed by atoms with Crippen LogP contribution in [0.1, 0.15) is 11.1 Å². The summed E-state index contributed by atoms with van der Waals surface area (Å²) in [6, 6.07) is 44.6. The van der Waals surface area contributed by atoms with E-state index in [1.165, 1.54) is 0 Å². The van der Waals surface area contributed by atoms with Crippen molar-refractivity contribution in [1.29, 1.82) is 10.5 Å². The van der Waals surface area contributed by atoms with Crippen molar-refractivity contribution in [2.75, 3.05) is 0 Å². The Hall–Kier alpha value is -6.10. The van der Waals surface area contributed by atoms with Gasteiger partial charge in [-0.05, 0) is 94.5 Å². The Balaban J connectivity index is 1.37. The Morgan fingerprint density at radius 2 is 0.833 bits per heavy atom. The topological polar surface area (TPSA) is 73.9 Å². The number of para-hydroxylation sites is 2. The average Bonchev–Trinajstić information content (AvgIpc) is 3.61. The van der Waals surface area contributed by atoms with Crippen LogP contribution in [0.15, 0.2) is 130 Å². The van der Waals surface area contributed by atoms with E-state index < -0.39 is 0 Å². The maximum absolute atomic E-state index is 9.96. The van der Waals surface area contributed by atoms with Crippen LogP contribution < -0.4 is 0 Å². The molecule has 4 heteroatoms. The molecule has 0 fully saturated rings. The summed E-state index contributed by atoms with van der Waals surface area (Å²) in [7, 11) is 0. The minimum atomic E-state index is 0.456. The first-order valence-corrected chi connectivity index (χ1v) is 13.6. The summed E-state index contributed by atoms with van der Waals surface area (Å²) in [6.07, 6.45) is 0. The second-order valence-corrected chi connectivity index (χ2v) is 10.4. The molecule has 194 valence electrons. The van der Waals surface area contributed by atoms with Gasteiger partial charge in [0, 0.05) is 27.1 Å². The Bertz CT molecular complexity index is 2280. The minimum absolute atomic E-state index is 0.456. The highest BCUT2D eigenvalue weighted by molar-refractivity contribution is 6.07. The van der Waals surface area contributed by atoms with Gasteiger partial charge in [0.1, 0.15) is 22.3 Å². The van der Waals surface area contributed by atoms with Crippen molar-refractivity contribution < 1.29 is 8.83 Å². The molecule has 2 aromatic heterocycles. The summed E-state index contributed by atoms with van der Waals surface area (Å²) in [5.74, 6) is 0. The van der Waals surface area contributed by atoms with Crippen molar-refractivity contribution in [3.05, 3.63) is 132 Å². The highest BCUT2D eigenvalue weighted by Crippen LogP contribution is 2.39. The zero-order chi connectivity index (χ0) is 28.2. The lowest BCUT2D eigenvalue weighted by atomic mass is 9.89. The molecular weight excluding hydrogens is 516 g/mol. The van der Waals surface area contributed by atoms with E-state index in [0.29, 0.717) is 16.7 Å². The third kappa shape index (κ3) is 3.68. The molecule has 0 saturated carbocycles. The van der Waals surface area contributed by atoms with Crippen LogP contribution in [0, 0.1) is 22.7 Å². The molecule has 8 rings (SSSR count). The minimum Gasteiger partial charge on any atom is -0.456 e. The van der Waals surface area contributed by atoms with Gasteiger partial charge in [-0.3, -0.25) is 0 Å². The molecule has 0 bridgehead atoms. The number of rotatable bonds is 3. The SMILES string of the molecule is N#Cc1cccc(C#N)c1-c1cc(-c2ccc3c(c2)oc2ccccc23)cc(-c2ccc3c(c2)oc2ccccc23)c1. The van der Waals surface area contributed by atoms with Crippen molar-refractivity contribution in [3.63, 3.8) is 0 Å². The Labute approximate surface area is 240 Å². The summed E-state index contributed by atoms with van der Waals surface area (Å²) < 4.78 is 12.4. The molecule has 2 heterocycles. The normalized spacial score (nSPS) is 11.3. The number of fused-ring (bicyclic) bond motifs is 6. The first-order valence-electron chi connectivity index (χ1n) is 13.6. The third-order valence-corrected chi connectivity index (χ3v) is 7.95. The largest absolute Gasteiger partial charge is 0.456 e. The highest BCUT2D eigenvalue weighted by Gasteiger charge is 2.16. The van der Waals surface area contributed by atoms with Gasteiger partial charge in [-0.1, -0.05) is 54.6 Å². The molecule has 0 spiro atoms. The molecular formula is C38H20N2O2. The van der Waals surface area contributed by atoms with Crippen LogP contribution in [0.3, 0.4) is 0 Å². The molecule has 4 nitrogen and oxygen atoms in total. The van der Waals surface area contributed by atoms with Gasteiger partial charge in [-0.25, -0.2) is 0 Å². The summed E-state index contributed by atoms with van der Waals surface area (Å²) in [5.41, 5.74) is 9.49. The van der Waals surface area contributed by atoms with Crippen molar-refractivity contribution in [1.82, 2.24) is 0 Å². The molecule has 0 aliphatic carbocycles. The Kier molecular flexibility index (Phi) is 5.22. The van der Waals surface area contributed by atoms with E-state index in [-0.39, 0.29) is 0 Å². The fourth-order valence-electron chi connectivity index (χ4n) is 5.97. The molecule has 0 aliphatic rings. The fraction of sp³-hybridized carbons (Fsp3) is 0. The Morgan fingerprint density at radius 3 is 1.33 bits per heavy atom. The first-order chi connectivity index (χ1) is 20.7. The van der Waals surface area contributed by atoms with Gasteiger partial charge in [0.2, 0.25) is 0 Å². The molecule has 0 unspecified atom stereocenters. The zero-order valence-corrected chi connectivity index (χ0v) is 22.3. The smallest absolute Gasteiger partial charge is 0.136 e. The van der Waals surface area contributed by atoms with Crippen LogP contribution in [0.25, 0.3) is 77.3 Å². The quantitative estimate of drug-likeness (QED) is 0.225. The lowest BCUT2D eigenvalue weighted by Crippen LogP contribution is -1.92. The fourth-order valence-corrected chi connectivity index (χ4v) is 5.97.